The van der Waals surface area contributed by atoms with Crippen LogP contribution in [0.25, 0.3) is 10.9 Å². The first kappa shape index (κ1) is 11.2. The van der Waals surface area contributed by atoms with Crippen LogP contribution >= 0.6 is 0 Å². The van der Waals surface area contributed by atoms with E-state index < -0.39 is 0 Å². The minimum absolute atomic E-state index is 1.11. The average molecular weight is 216 g/mol. The number of unbranched alkanes of at least 4 members (excludes halogenated alkanes) is 1. The van der Waals surface area contributed by atoms with Crippen LogP contribution in [0.5, 0.6) is 0 Å². The molecule has 0 aliphatic heterocycles. The standard InChI is InChI=1S/C14H20N2/c1-12-6-5-7-14-13(12)8-11-16(14)10-4-3-9-15-2/h5-8,11,15H,3-4,9-10H2,1-2H3. The van der Waals surface area contributed by atoms with Gasteiger partial charge in [-0.25, -0.2) is 0 Å². The molecule has 1 aromatic heterocycles. The smallest absolute Gasteiger partial charge is 0.0482 e. The maximum Gasteiger partial charge on any atom is 0.0482 e. The Balaban J connectivity index is 2.10. The summed E-state index contributed by atoms with van der Waals surface area (Å²) in [5.41, 5.74) is 2.73. The zero-order chi connectivity index (χ0) is 11.4. The molecule has 86 valence electrons. The van der Waals surface area contributed by atoms with Crippen LogP contribution in [0.1, 0.15) is 18.4 Å². The number of fused-ring (bicyclic) bond motifs is 1. The molecule has 0 radical (unpaired) electrons. The second kappa shape index (κ2) is 5.17. The van der Waals surface area contributed by atoms with Crippen LogP contribution in [0.3, 0.4) is 0 Å². The van der Waals surface area contributed by atoms with Crippen molar-refractivity contribution >= 4 is 10.9 Å². The number of nitrogens with zero attached hydrogens (tertiary/aromatic N) is 1. The molecule has 2 nitrogen and oxygen atoms in total. The van der Waals surface area contributed by atoms with Crippen molar-refractivity contribution in [2.75, 3.05) is 13.6 Å². The molecule has 1 aromatic carbocycles. The number of benzene rings is 1. The third kappa shape index (κ3) is 2.27. The second-order valence-corrected chi connectivity index (χ2v) is 4.33. The summed E-state index contributed by atoms with van der Waals surface area (Å²) in [4.78, 5) is 0. The van der Waals surface area contributed by atoms with Gasteiger partial charge in [-0.05, 0) is 51.1 Å². The zero-order valence-corrected chi connectivity index (χ0v) is 10.2. The lowest BCUT2D eigenvalue weighted by Crippen LogP contribution is -2.08. The highest BCUT2D eigenvalue weighted by Gasteiger charge is 2.01. The van der Waals surface area contributed by atoms with Gasteiger partial charge in [0.05, 0.1) is 0 Å². The van der Waals surface area contributed by atoms with Gasteiger partial charge in [-0.2, -0.15) is 0 Å². The van der Waals surface area contributed by atoms with Crippen LogP contribution < -0.4 is 5.32 Å². The van der Waals surface area contributed by atoms with E-state index >= 15 is 0 Å². The van der Waals surface area contributed by atoms with Gasteiger partial charge in [0.2, 0.25) is 0 Å². The Morgan fingerprint density at radius 2 is 2.06 bits per heavy atom. The molecule has 2 rings (SSSR count). The predicted octanol–water partition coefficient (Wildman–Crippen LogP) is 2.95. The summed E-state index contributed by atoms with van der Waals surface area (Å²) >= 11 is 0. The van der Waals surface area contributed by atoms with E-state index in [2.05, 4.69) is 47.3 Å². The first-order valence-electron chi connectivity index (χ1n) is 6.02. The fourth-order valence-electron chi connectivity index (χ4n) is 2.16. The van der Waals surface area contributed by atoms with Crippen LogP contribution in [0.2, 0.25) is 0 Å². The van der Waals surface area contributed by atoms with Crippen molar-refractivity contribution in [2.24, 2.45) is 0 Å². The molecular formula is C14H20N2. The van der Waals surface area contributed by atoms with E-state index in [1.165, 1.54) is 29.3 Å². The molecule has 0 spiro atoms. The van der Waals surface area contributed by atoms with Gasteiger partial charge in [-0.3, -0.25) is 0 Å². The van der Waals surface area contributed by atoms with Gasteiger partial charge < -0.3 is 9.88 Å². The summed E-state index contributed by atoms with van der Waals surface area (Å²) in [5, 5.41) is 4.57. The summed E-state index contributed by atoms with van der Waals surface area (Å²) in [6, 6.07) is 8.75. The van der Waals surface area contributed by atoms with Crippen molar-refractivity contribution < 1.29 is 0 Å². The predicted molar refractivity (Wildman–Crippen MR) is 69.8 cm³/mol. The Hall–Kier alpha value is -1.28. The molecule has 0 aliphatic carbocycles. The Morgan fingerprint density at radius 1 is 1.19 bits per heavy atom. The first-order valence-corrected chi connectivity index (χ1v) is 6.02. The minimum Gasteiger partial charge on any atom is -0.347 e. The van der Waals surface area contributed by atoms with Crippen LogP contribution in [-0.4, -0.2) is 18.2 Å². The lowest BCUT2D eigenvalue weighted by Gasteiger charge is -2.05. The molecule has 0 saturated carbocycles. The third-order valence-electron chi connectivity index (χ3n) is 3.11. The number of aryl methyl sites for hydroxylation is 2. The number of hydrogen-bond donors (Lipinski definition) is 1. The number of hydrogen-bond acceptors (Lipinski definition) is 1. The highest BCUT2D eigenvalue weighted by atomic mass is 14.9. The molecule has 16 heavy (non-hydrogen) atoms. The van der Waals surface area contributed by atoms with Crippen molar-refractivity contribution in [1.29, 1.82) is 0 Å². The quantitative estimate of drug-likeness (QED) is 0.760. The highest BCUT2D eigenvalue weighted by molar-refractivity contribution is 5.83. The molecule has 0 bridgehead atoms. The molecule has 0 atom stereocenters. The van der Waals surface area contributed by atoms with Crippen molar-refractivity contribution in [1.82, 2.24) is 9.88 Å². The summed E-state index contributed by atoms with van der Waals surface area (Å²) in [7, 11) is 2.01. The van der Waals surface area contributed by atoms with Gasteiger partial charge in [-0.1, -0.05) is 12.1 Å². The van der Waals surface area contributed by atoms with Crippen LogP contribution in [0.15, 0.2) is 30.5 Å². The molecule has 0 fully saturated rings. The monoisotopic (exact) mass is 216 g/mol. The lowest BCUT2D eigenvalue weighted by molar-refractivity contribution is 0.603. The van der Waals surface area contributed by atoms with Crippen LogP contribution in [0.4, 0.5) is 0 Å². The molecule has 0 aliphatic rings. The van der Waals surface area contributed by atoms with Gasteiger partial charge >= 0.3 is 0 Å². The number of nitrogens with one attached hydrogen (secondary N) is 1. The van der Waals surface area contributed by atoms with Gasteiger partial charge in [-0.15, -0.1) is 0 Å². The number of aromatic nitrogens is 1. The Labute approximate surface area is 97.3 Å². The SMILES string of the molecule is CNCCCCn1ccc2c(C)cccc21. The van der Waals surface area contributed by atoms with Gasteiger partial charge in [0.15, 0.2) is 0 Å². The number of rotatable bonds is 5. The molecule has 0 unspecified atom stereocenters. The topological polar surface area (TPSA) is 17.0 Å². The first-order chi connectivity index (χ1) is 7.83. The third-order valence-corrected chi connectivity index (χ3v) is 3.11. The maximum absolute atomic E-state index is 3.18. The second-order valence-electron chi connectivity index (χ2n) is 4.33. The normalized spacial score (nSPS) is 11.1. The van der Waals surface area contributed by atoms with E-state index in [0.29, 0.717) is 0 Å². The van der Waals surface area contributed by atoms with Crippen molar-refractivity contribution in [3.8, 4) is 0 Å². The maximum atomic E-state index is 3.18. The van der Waals surface area contributed by atoms with Crippen LogP contribution in [-0.2, 0) is 6.54 Å². The Morgan fingerprint density at radius 3 is 2.88 bits per heavy atom. The van der Waals surface area contributed by atoms with E-state index in [9.17, 15) is 0 Å². The van der Waals surface area contributed by atoms with E-state index in [1.54, 1.807) is 0 Å². The van der Waals surface area contributed by atoms with Gasteiger partial charge in [0, 0.05) is 23.6 Å². The zero-order valence-electron chi connectivity index (χ0n) is 10.2. The molecule has 0 amide bonds. The van der Waals surface area contributed by atoms with Gasteiger partial charge in [0.1, 0.15) is 0 Å². The molecule has 2 heteroatoms. The molecule has 0 saturated heterocycles. The summed E-state index contributed by atoms with van der Waals surface area (Å²) < 4.78 is 2.36. The Kier molecular flexibility index (Phi) is 3.62. The van der Waals surface area contributed by atoms with Gasteiger partial charge in [0.25, 0.3) is 0 Å². The lowest BCUT2D eigenvalue weighted by atomic mass is 10.1. The van der Waals surface area contributed by atoms with Crippen molar-refractivity contribution in [3.05, 3.63) is 36.0 Å². The summed E-state index contributed by atoms with van der Waals surface area (Å²) in [5.74, 6) is 0. The highest BCUT2D eigenvalue weighted by Crippen LogP contribution is 2.19. The molecular weight excluding hydrogens is 196 g/mol. The largest absolute Gasteiger partial charge is 0.347 e. The van der Waals surface area contributed by atoms with E-state index in [4.69, 9.17) is 0 Å². The van der Waals surface area contributed by atoms with Crippen LogP contribution in [0, 0.1) is 6.92 Å². The Bertz CT molecular complexity index is 457. The summed E-state index contributed by atoms with van der Waals surface area (Å²) in [6.45, 7) is 4.40. The fraction of sp³-hybridized carbons (Fsp3) is 0.429. The van der Waals surface area contributed by atoms with Crippen molar-refractivity contribution in [2.45, 2.75) is 26.3 Å². The van der Waals surface area contributed by atoms with Crippen molar-refractivity contribution in [3.63, 3.8) is 0 Å². The average Bonchev–Trinajstić information content (AvgIpc) is 2.70. The van der Waals surface area contributed by atoms with E-state index in [1.807, 2.05) is 7.05 Å². The van der Waals surface area contributed by atoms with E-state index in [-0.39, 0.29) is 0 Å². The molecule has 1 heterocycles. The van der Waals surface area contributed by atoms with E-state index in [0.717, 1.165) is 13.1 Å². The molecule has 1 N–H and O–H groups in total. The summed E-state index contributed by atoms with van der Waals surface area (Å²) in [6.07, 6.45) is 4.68. The molecule has 2 aromatic rings. The fourth-order valence-corrected chi connectivity index (χ4v) is 2.16. The minimum atomic E-state index is 1.11.